The van der Waals surface area contributed by atoms with Gasteiger partial charge in [0.1, 0.15) is 17.3 Å². The molecule has 0 saturated carbocycles. The lowest BCUT2D eigenvalue weighted by Gasteiger charge is -2.07. The number of aryl methyl sites for hydroxylation is 3. The van der Waals surface area contributed by atoms with Gasteiger partial charge in [0.15, 0.2) is 0 Å². The van der Waals surface area contributed by atoms with Crippen molar-refractivity contribution in [3.8, 4) is 5.75 Å². The number of carbonyl (C=O) groups excluding carboxylic acids is 1. The molecule has 1 aliphatic heterocycles. The number of nitrogens with zero attached hydrogens (tertiary/aromatic N) is 1. The number of hydrogen-bond acceptors (Lipinski definition) is 3. The number of ether oxygens (including phenoxy) is 1. The molecule has 24 heavy (non-hydrogen) atoms. The van der Waals surface area contributed by atoms with Crippen LogP contribution in [0.3, 0.4) is 0 Å². The lowest BCUT2D eigenvalue weighted by atomic mass is 9.99. The summed E-state index contributed by atoms with van der Waals surface area (Å²) in [4.78, 5) is 16.8. The molecule has 0 radical (unpaired) electrons. The second kappa shape index (κ2) is 6.32. The van der Waals surface area contributed by atoms with Crippen molar-refractivity contribution in [2.45, 2.75) is 20.8 Å². The number of nitrogens with one attached hydrogen (secondary N) is 1. The summed E-state index contributed by atoms with van der Waals surface area (Å²) in [6.45, 7) is 6.16. The molecule has 1 N–H and O–H groups in total. The summed E-state index contributed by atoms with van der Waals surface area (Å²) in [5, 5.41) is 2.83. The van der Waals surface area contributed by atoms with Crippen LogP contribution in [0.4, 0.5) is 0 Å². The van der Waals surface area contributed by atoms with Crippen molar-refractivity contribution >= 4 is 17.8 Å². The molecule has 2 aromatic rings. The minimum Gasteiger partial charge on any atom is -0.496 e. The molecule has 3 rings (SSSR count). The number of amides is 1. The Labute approximate surface area is 141 Å². The Morgan fingerprint density at radius 3 is 2.42 bits per heavy atom. The van der Waals surface area contributed by atoms with Crippen LogP contribution in [0, 0.1) is 20.8 Å². The lowest BCUT2D eigenvalue weighted by molar-refractivity contribution is -0.115. The van der Waals surface area contributed by atoms with Gasteiger partial charge in [-0.2, -0.15) is 0 Å². The first-order chi connectivity index (χ1) is 11.5. The van der Waals surface area contributed by atoms with E-state index in [-0.39, 0.29) is 5.91 Å². The van der Waals surface area contributed by atoms with E-state index < -0.39 is 0 Å². The molecule has 1 heterocycles. The van der Waals surface area contributed by atoms with Crippen molar-refractivity contribution in [2.24, 2.45) is 4.99 Å². The van der Waals surface area contributed by atoms with E-state index in [1.165, 1.54) is 5.56 Å². The van der Waals surface area contributed by atoms with Crippen molar-refractivity contribution in [3.63, 3.8) is 0 Å². The van der Waals surface area contributed by atoms with E-state index in [1.807, 2.05) is 44.2 Å². The van der Waals surface area contributed by atoms with E-state index in [2.05, 4.69) is 29.4 Å². The quantitative estimate of drug-likeness (QED) is 0.880. The third-order valence-corrected chi connectivity index (χ3v) is 4.08. The molecule has 0 fully saturated rings. The molecule has 4 nitrogen and oxygen atoms in total. The van der Waals surface area contributed by atoms with Crippen LogP contribution in [0.1, 0.15) is 27.8 Å². The van der Waals surface area contributed by atoms with Gasteiger partial charge in [0.25, 0.3) is 5.91 Å². The first-order valence-corrected chi connectivity index (χ1v) is 7.82. The summed E-state index contributed by atoms with van der Waals surface area (Å²) in [5.74, 6) is 1.00. The highest BCUT2D eigenvalue weighted by Gasteiger charge is 2.23. The van der Waals surface area contributed by atoms with Gasteiger partial charge in [0.05, 0.1) is 12.7 Å². The van der Waals surface area contributed by atoms with Gasteiger partial charge in [-0.25, -0.2) is 4.99 Å². The van der Waals surface area contributed by atoms with Gasteiger partial charge in [0.2, 0.25) is 0 Å². The van der Waals surface area contributed by atoms with Gasteiger partial charge in [-0.1, -0.05) is 29.8 Å². The van der Waals surface area contributed by atoms with Crippen LogP contribution < -0.4 is 10.1 Å². The van der Waals surface area contributed by atoms with E-state index >= 15 is 0 Å². The van der Waals surface area contributed by atoms with E-state index in [0.717, 1.165) is 22.3 Å². The highest BCUT2D eigenvalue weighted by Crippen LogP contribution is 2.24. The lowest BCUT2D eigenvalue weighted by Crippen LogP contribution is -2.25. The van der Waals surface area contributed by atoms with Crippen LogP contribution in [-0.4, -0.2) is 18.9 Å². The maximum atomic E-state index is 12.3. The average molecular weight is 320 g/mol. The first kappa shape index (κ1) is 16.0. The zero-order valence-corrected chi connectivity index (χ0v) is 14.3. The average Bonchev–Trinajstić information content (AvgIpc) is 2.91. The standard InChI is InChI=1S/C20H20N2O2/c1-12-9-13(2)16(14(3)10-12)11-17-20(23)22-19(21-17)15-7-5-6-8-18(15)24-4/h5-11H,1-4H3,(H,21,22,23)/b17-11-. The Bertz CT molecular complexity index is 856. The minimum absolute atomic E-state index is 0.199. The second-order valence-corrected chi connectivity index (χ2v) is 5.96. The third-order valence-electron chi connectivity index (χ3n) is 4.08. The summed E-state index contributed by atoms with van der Waals surface area (Å²) in [6, 6.07) is 11.7. The van der Waals surface area contributed by atoms with E-state index in [4.69, 9.17) is 4.74 Å². The first-order valence-electron chi connectivity index (χ1n) is 7.82. The van der Waals surface area contributed by atoms with Crippen molar-refractivity contribution in [3.05, 3.63) is 69.9 Å². The molecule has 1 aliphatic rings. The summed E-state index contributed by atoms with van der Waals surface area (Å²) in [6.07, 6.45) is 1.85. The predicted octanol–water partition coefficient (Wildman–Crippen LogP) is 3.54. The number of carbonyl (C=O) groups is 1. The highest BCUT2D eigenvalue weighted by molar-refractivity contribution is 6.20. The molecular weight excluding hydrogens is 300 g/mol. The van der Waals surface area contributed by atoms with Gasteiger partial charge in [-0.3, -0.25) is 4.79 Å². The fraction of sp³-hybridized carbons (Fsp3) is 0.200. The molecule has 1 amide bonds. The monoisotopic (exact) mass is 320 g/mol. The zero-order valence-electron chi connectivity index (χ0n) is 14.3. The van der Waals surface area contributed by atoms with Crippen molar-refractivity contribution in [2.75, 3.05) is 7.11 Å². The SMILES string of the molecule is COc1ccccc1C1=N/C(=C\c2c(C)cc(C)cc2C)C(=O)N1. The Morgan fingerprint density at radius 2 is 1.75 bits per heavy atom. The van der Waals surface area contributed by atoms with Crippen LogP contribution in [-0.2, 0) is 4.79 Å². The summed E-state index contributed by atoms with van der Waals surface area (Å²) in [7, 11) is 1.60. The Morgan fingerprint density at radius 1 is 1.08 bits per heavy atom. The van der Waals surface area contributed by atoms with Gasteiger partial charge >= 0.3 is 0 Å². The zero-order chi connectivity index (χ0) is 17.3. The van der Waals surface area contributed by atoms with Crippen LogP contribution >= 0.6 is 0 Å². The predicted molar refractivity (Wildman–Crippen MR) is 96.3 cm³/mol. The molecule has 4 heteroatoms. The summed E-state index contributed by atoms with van der Waals surface area (Å²) < 4.78 is 5.35. The number of methoxy groups -OCH3 is 1. The van der Waals surface area contributed by atoms with Gasteiger partial charge in [-0.15, -0.1) is 0 Å². The van der Waals surface area contributed by atoms with Crippen LogP contribution in [0.15, 0.2) is 47.1 Å². The van der Waals surface area contributed by atoms with Crippen molar-refractivity contribution in [1.82, 2.24) is 5.32 Å². The number of hydrogen-bond donors (Lipinski definition) is 1. The molecular formula is C20H20N2O2. The maximum Gasteiger partial charge on any atom is 0.275 e. The number of amidine groups is 1. The second-order valence-electron chi connectivity index (χ2n) is 5.96. The summed E-state index contributed by atoms with van der Waals surface area (Å²) in [5.41, 5.74) is 5.69. The number of para-hydroxylation sites is 1. The third kappa shape index (κ3) is 2.95. The molecule has 0 unspecified atom stereocenters. The topological polar surface area (TPSA) is 50.7 Å². The molecule has 0 aliphatic carbocycles. The molecule has 0 saturated heterocycles. The van der Waals surface area contributed by atoms with Crippen LogP contribution in [0.2, 0.25) is 0 Å². The minimum atomic E-state index is -0.199. The fourth-order valence-electron chi connectivity index (χ4n) is 2.99. The molecule has 122 valence electrons. The molecule has 2 aromatic carbocycles. The van der Waals surface area contributed by atoms with E-state index in [1.54, 1.807) is 7.11 Å². The van der Waals surface area contributed by atoms with E-state index in [9.17, 15) is 4.79 Å². The van der Waals surface area contributed by atoms with Crippen molar-refractivity contribution < 1.29 is 9.53 Å². The molecule has 0 aromatic heterocycles. The maximum absolute atomic E-state index is 12.3. The van der Waals surface area contributed by atoms with Gasteiger partial charge < -0.3 is 10.1 Å². The van der Waals surface area contributed by atoms with Gasteiger partial charge in [-0.05, 0) is 55.7 Å². The molecule has 0 bridgehead atoms. The Balaban J connectivity index is 2.04. The smallest absolute Gasteiger partial charge is 0.275 e. The number of benzene rings is 2. The molecule has 0 atom stereocenters. The Hall–Kier alpha value is -2.88. The number of aliphatic imine (C=N–C) groups is 1. The fourth-order valence-corrected chi connectivity index (χ4v) is 2.99. The summed E-state index contributed by atoms with van der Waals surface area (Å²) >= 11 is 0. The van der Waals surface area contributed by atoms with Gasteiger partial charge in [0, 0.05) is 0 Å². The molecule has 0 spiro atoms. The van der Waals surface area contributed by atoms with Crippen molar-refractivity contribution in [1.29, 1.82) is 0 Å². The van der Waals surface area contributed by atoms with Crippen LogP contribution in [0.25, 0.3) is 6.08 Å². The Kier molecular flexibility index (Phi) is 4.21. The number of rotatable bonds is 3. The highest BCUT2D eigenvalue weighted by atomic mass is 16.5. The van der Waals surface area contributed by atoms with Crippen LogP contribution in [0.5, 0.6) is 5.75 Å². The normalized spacial score (nSPS) is 15.4. The van der Waals surface area contributed by atoms with E-state index in [0.29, 0.717) is 17.3 Å². The largest absolute Gasteiger partial charge is 0.496 e.